The first-order valence-electron chi connectivity index (χ1n) is 11.9. The van der Waals surface area contributed by atoms with Gasteiger partial charge in [-0.2, -0.15) is 0 Å². The van der Waals surface area contributed by atoms with E-state index in [1.165, 1.54) is 37.9 Å². The molecule has 170 valence electrons. The summed E-state index contributed by atoms with van der Waals surface area (Å²) in [6, 6.07) is 10.4. The Morgan fingerprint density at radius 3 is 2.71 bits per heavy atom. The fraction of sp³-hybridized carbons (Fsp3) is 0.308. The number of likely N-dealkylation sites (tertiary alicyclic amines) is 1. The van der Waals surface area contributed by atoms with Crippen molar-refractivity contribution in [2.75, 3.05) is 13.1 Å². The van der Waals surface area contributed by atoms with E-state index in [0.29, 0.717) is 12.0 Å². The zero-order chi connectivity index (χ0) is 22.5. The molecule has 1 spiro atoms. The van der Waals surface area contributed by atoms with E-state index in [-0.39, 0.29) is 0 Å². The standard InChI is InChI=1S/C26H26N8/c1-2-9-32(8-1)23-11-21(12-27-13-23)24-18-34(30-29-24)17-22-16-33-15-20(3-4-25(33)28-22)14-31-10-7-26(19-31)5-6-26/h1-4,8-9,11-13,15-16,18H,5-7,10,14,17,19H2. The summed E-state index contributed by atoms with van der Waals surface area (Å²) in [6.45, 7) is 4.08. The highest BCUT2D eigenvalue weighted by molar-refractivity contribution is 5.59. The van der Waals surface area contributed by atoms with E-state index >= 15 is 0 Å². The van der Waals surface area contributed by atoms with Gasteiger partial charge in [0, 0.05) is 49.6 Å². The summed E-state index contributed by atoms with van der Waals surface area (Å²) in [5.74, 6) is 0. The molecule has 0 bridgehead atoms. The maximum atomic E-state index is 4.79. The molecule has 0 aromatic carbocycles. The van der Waals surface area contributed by atoms with E-state index in [4.69, 9.17) is 4.98 Å². The normalized spacial score (nSPS) is 17.2. The van der Waals surface area contributed by atoms with Gasteiger partial charge in [0.1, 0.15) is 11.3 Å². The van der Waals surface area contributed by atoms with Gasteiger partial charge in [0.25, 0.3) is 0 Å². The van der Waals surface area contributed by atoms with Crippen LogP contribution in [0.15, 0.2) is 73.7 Å². The molecular formula is C26H26N8. The van der Waals surface area contributed by atoms with Crippen LogP contribution in [0.3, 0.4) is 0 Å². The van der Waals surface area contributed by atoms with Crippen LogP contribution in [-0.2, 0) is 13.1 Å². The Bertz CT molecular complexity index is 1460. The highest BCUT2D eigenvalue weighted by atomic mass is 15.4. The lowest BCUT2D eigenvalue weighted by atomic mass is 10.1. The van der Waals surface area contributed by atoms with E-state index in [1.54, 1.807) is 0 Å². The zero-order valence-corrected chi connectivity index (χ0v) is 19.0. The molecule has 0 radical (unpaired) electrons. The molecule has 1 saturated heterocycles. The number of pyridine rings is 2. The molecule has 7 rings (SSSR count). The van der Waals surface area contributed by atoms with Crippen molar-refractivity contribution in [1.29, 1.82) is 0 Å². The largest absolute Gasteiger partial charge is 0.322 e. The first-order chi connectivity index (χ1) is 16.7. The maximum Gasteiger partial charge on any atom is 0.137 e. The van der Waals surface area contributed by atoms with Crippen LogP contribution in [0, 0.1) is 5.41 Å². The quantitative estimate of drug-likeness (QED) is 0.393. The summed E-state index contributed by atoms with van der Waals surface area (Å²) >= 11 is 0. The van der Waals surface area contributed by atoms with E-state index in [2.05, 4.69) is 55.2 Å². The number of fused-ring (bicyclic) bond motifs is 1. The third-order valence-electron chi connectivity index (χ3n) is 7.23. The molecule has 1 aliphatic carbocycles. The van der Waals surface area contributed by atoms with Gasteiger partial charge in [-0.3, -0.25) is 9.88 Å². The monoisotopic (exact) mass is 450 g/mol. The molecule has 34 heavy (non-hydrogen) atoms. The fourth-order valence-corrected chi connectivity index (χ4v) is 5.16. The molecule has 8 nitrogen and oxygen atoms in total. The Morgan fingerprint density at radius 2 is 1.85 bits per heavy atom. The number of hydrogen-bond donors (Lipinski definition) is 0. The predicted molar refractivity (Wildman–Crippen MR) is 128 cm³/mol. The molecule has 0 amide bonds. The minimum absolute atomic E-state index is 0.573. The smallest absolute Gasteiger partial charge is 0.137 e. The second-order valence-electron chi connectivity index (χ2n) is 9.82. The lowest BCUT2D eigenvalue weighted by Gasteiger charge is -2.15. The summed E-state index contributed by atoms with van der Waals surface area (Å²) in [5.41, 5.74) is 6.66. The molecular weight excluding hydrogens is 424 g/mol. The molecule has 1 saturated carbocycles. The maximum absolute atomic E-state index is 4.79. The summed E-state index contributed by atoms with van der Waals surface area (Å²) in [6.07, 6.45) is 18.1. The second kappa shape index (κ2) is 7.63. The highest BCUT2D eigenvalue weighted by Crippen LogP contribution is 2.52. The first kappa shape index (κ1) is 19.7. The topological polar surface area (TPSA) is 69.1 Å². The van der Waals surface area contributed by atoms with Gasteiger partial charge in [0.15, 0.2) is 0 Å². The van der Waals surface area contributed by atoms with E-state index in [9.17, 15) is 0 Å². The van der Waals surface area contributed by atoms with Crippen LogP contribution >= 0.6 is 0 Å². The minimum Gasteiger partial charge on any atom is -0.322 e. The Kier molecular flexibility index (Phi) is 4.41. The minimum atomic E-state index is 0.573. The third-order valence-corrected chi connectivity index (χ3v) is 7.23. The van der Waals surface area contributed by atoms with E-state index < -0.39 is 0 Å². The molecule has 8 heteroatoms. The number of nitrogens with zero attached hydrogens (tertiary/aromatic N) is 8. The number of imidazole rings is 1. The molecule has 5 aromatic rings. The summed E-state index contributed by atoms with van der Waals surface area (Å²) < 4.78 is 6.00. The number of hydrogen-bond acceptors (Lipinski definition) is 5. The molecule has 0 unspecified atom stereocenters. The molecule has 5 aromatic heterocycles. The second-order valence-corrected chi connectivity index (χ2v) is 9.82. The van der Waals surface area contributed by atoms with Crippen LogP contribution in [0.25, 0.3) is 22.6 Å². The Morgan fingerprint density at radius 1 is 0.941 bits per heavy atom. The summed E-state index contributed by atoms with van der Waals surface area (Å²) in [4.78, 5) is 11.8. The van der Waals surface area contributed by atoms with E-state index in [1.807, 2.05) is 52.4 Å². The Hall–Kier alpha value is -3.78. The third kappa shape index (κ3) is 3.70. The van der Waals surface area contributed by atoms with Gasteiger partial charge >= 0.3 is 0 Å². The van der Waals surface area contributed by atoms with Crippen LogP contribution in [0.1, 0.15) is 30.5 Å². The average Bonchev–Trinajstić information content (AvgIpc) is 3.36. The van der Waals surface area contributed by atoms with Gasteiger partial charge in [-0.25, -0.2) is 9.67 Å². The number of rotatable bonds is 6. The lowest BCUT2D eigenvalue weighted by molar-refractivity contribution is 0.312. The van der Waals surface area contributed by atoms with Crippen LogP contribution in [0.2, 0.25) is 0 Å². The molecule has 2 aliphatic rings. The van der Waals surface area contributed by atoms with Crippen molar-refractivity contribution in [3.63, 3.8) is 0 Å². The Labute approximate surface area is 197 Å². The zero-order valence-electron chi connectivity index (χ0n) is 19.0. The van der Waals surface area contributed by atoms with Crippen molar-refractivity contribution in [1.82, 2.24) is 38.8 Å². The van der Waals surface area contributed by atoms with Gasteiger partial charge in [-0.15, -0.1) is 5.10 Å². The predicted octanol–water partition coefficient (Wildman–Crippen LogP) is 3.81. The summed E-state index contributed by atoms with van der Waals surface area (Å²) in [7, 11) is 0. The molecule has 2 fully saturated rings. The van der Waals surface area contributed by atoms with Crippen LogP contribution in [-0.4, -0.2) is 51.9 Å². The van der Waals surface area contributed by atoms with Crippen molar-refractivity contribution in [2.24, 2.45) is 5.41 Å². The van der Waals surface area contributed by atoms with Gasteiger partial charge in [0.05, 0.1) is 30.3 Å². The van der Waals surface area contributed by atoms with Gasteiger partial charge in [-0.05, 0) is 61.1 Å². The molecule has 0 atom stereocenters. The first-order valence-corrected chi connectivity index (χ1v) is 11.9. The molecule has 1 aliphatic heterocycles. The van der Waals surface area contributed by atoms with Crippen LogP contribution in [0.4, 0.5) is 0 Å². The van der Waals surface area contributed by atoms with Gasteiger partial charge in [0.2, 0.25) is 0 Å². The molecule has 0 N–H and O–H groups in total. The summed E-state index contributed by atoms with van der Waals surface area (Å²) in [5, 5.41) is 8.70. The average molecular weight is 451 g/mol. The van der Waals surface area contributed by atoms with Crippen molar-refractivity contribution in [3.05, 3.63) is 85.0 Å². The van der Waals surface area contributed by atoms with Gasteiger partial charge < -0.3 is 8.97 Å². The van der Waals surface area contributed by atoms with Crippen molar-refractivity contribution in [2.45, 2.75) is 32.4 Å². The van der Waals surface area contributed by atoms with Crippen molar-refractivity contribution in [3.8, 4) is 16.9 Å². The highest BCUT2D eigenvalue weighted by Gasteiger charge is 2.47. The Balaban J connectivity index is 1.07. The van der Waals surface area contributed by atoms with Crippen LogP contribution < -0.4 is 0 Å². The van der Waals surface area contributed by atoms with Crippen molar-refractivity contribution >= 4 is 5.65 Å². The van der Waals surface area contributed by atoms with Crippen molar-refractivity contribution < 1.29 is 0 Å². The van der Waals surface area contributed by atoms with Crippen LogP contribution in [0.5, 0.6) is 0 Å². The SMILES string of the molecule is c1ccn(-c2cncc(-c3cn(Cc4cn5cc(CN6CCC7(CC7)C6)ccc5n4)nn3)c2)c1. The lowest BCUT2D eigenvalue weighted by Crippen LogP contribution is -2.20. The fourth-order valence-electron chi connectivity index (χ4n) is 5.16. The van der Waals surface area contributed by atoms with Gasteiger partial charge in [-0.1, -0.05) is 11.3 Å². The van der Waals surface area contributed by atoms with E-state index in [0.717, 1.165) is 34.8 Å². The number of aromatic nitrogens is 7. The molecule has 6 heterocycles.